The maximum Gasteiger partial charge on any atom is 0.254 e. The lowest BCUT2D eigenvalue weighted by atomic mass is 10.2. The SMILES string of the molecule is COc1ccc(-n2cc(-c3ccccc3)nc2NC(=O)CN(CC2CC2)C(=O)c2ccc(Cl)cc2)cc1OC. The highest BCUT2D eigenvalue weighted by molar-refractivity contribution is 6.30. The Labute approximate surface area is 232 Å². The number of rotatable bonds is 10. The molecular weight excluding hydrogens is 516 g/mol. The number of methoxy groups -OCH3 is 2. The zero-order valence-electron chi connectivity index (χ0n) is 21.8. The van der Waals surface area contributed by atoms with E-state index in [1.807, 2.05) is 48.7 Å². The summed E-state index contributed by atoms with van der Waals surface area (Å²) in [4.78, 5) is 32.9. The summed E-state index contributed by atoms with van der Waals surface area (Å²) < 4.78 is 12.6. The third-order valence-electron chi connectivity index (χ3n) is 6.56. The molecule has 1 fully saturated rings. The molecule has 1 aromatic heterocycles. The number of hydrogen-bond acceptors (Lipinski definition) is 5. The molecule has 0 atom stereocenters. The van der Waals surface area contributed by atoms with Gasteiger partial charge < -0.3 is 14.4 Å². The Hall–Kier alpha value is -4.30. The number of aromatic nitrogens is 2. The normalized spacial score (nSPS) is 12.6. The van der Waals surface area contributed by atoms with Gasteiger partial charge in [-0.1, -0.05) is 41.9 Å². The van der Waals surface area contributed by atoms with E-state index in [1.165, 1.54) is 0 Å². The zero-order valence-corrected chi connectivity index (χ0v) is 22.5. The van der Waals surface area contributed by atoms with E-state index in [0.29, 0.717) is 46.2 Å². The molecule has 4 aromatic rings. The molecular formula is C30H29ClN4O4. The molecule has 0 spiro atoms. The van der Waals surface area contributed by atoms with Crippen LogP contribution in [-0.4, -0.2) is 53.6 Å². The molecule has 0 saturated heterocycles. The molecule has 39 heavy (non-hydrogen) atoms. The number of imidazole rings is 1. The lowest BCUT2D eigenvalue weighted by Crippen LogP contribution is -2.39. The number of halogens is 1. The van der Waals surface area contributed by atoms with Crippen molar-refractivity contribution in [2.45, 2.75) is 12.8 Å². The molecule has 9 heteroatoms. The molecule has 0 radical (unpaired) electrons. The second-order valence-electron chi connectivity index (χ2n) is 9.41. The highest BCUT2D eigenvalue weighted by Gasteiger charge is 2.29. The maximum absolute atomic E-state index is 13.3. The average Bonchev–Trinajstić information content (AvgIpc) is 3.69. The van der Waals surface area contributed by atoms with Crippen LogP contribution in [0.5, 0.6) is 11.5 Å². The molecule has 1 N–H and O–H groups in total. The van der Waals surface area contributed by atoms with Crippen LogP contribution in [0, 0.1) is 5.92 Å². The summed E-state index contributed by atoms with van der Waals surface area (Å²) in [5.41, 5.74) is 2.81. The lowest BCUT2D eigenvalue weighted by Gasteiger charge is -2.22. The molecule has 1 aliphatic rings. The highest BCUT2D eigenvalue weighted by Crippen LogP contribution is 2.32. The monoisotopic (exact) mass is 544 g/mol. The van der Waals surface area contributed by atoms with Crippen molar-refractivity contribution in [1.82, 2.24) is 14.5 Å². The molecule has 1 saturated carbocycles. The van der Waals surface area contributed by atoms with Crippen LogP contribution in [0.1, 0.15) is 23.2 Å². The van der Waals surface area contributed by atoms with Gasteiger partial charge in [-0.2, -0.15) is 0 Å². The molecule has 1 heterocycles. The van der Waals surface area contributed by atoms with E-state index in [4.69, 9.17) is 26.1 Å². The Kier molecular flexibility index (Phi) is 7.84. The molecule has 0 bridgehead atoms. The zero-order chi connectivity index (χ0) is 27.4. The molecule has 1 aliphatic carbocycles. The van der Waals surface area contributed by atoms with E-state index in [2.05, 4.69) is 5.32 Å². The maximum atomic E-state index is 13.3. The number of carbonyl (C=O) groups excluding carboxylic acids is 2. The second-order valence-corrected chi connectivity index (χ2v) is 9.85. The number of anilines is 1. The second kappa shape index (κ2) is 11.6. The van der Waals surface area contributed by atoms with Crippen molar-refractivity contribution in [2.24, 2.45) is 5.92 Å². The Morgan fingerprint density at radius 1 is 1.00 bits per heavy atom. The van der Waals surface area contributed by atoms with Gasteiger partial charge in [0.15, 0.2) is 11.5 Å². The molecule has 3 aromatic carbocycles. The van der Waals surface area contributed by atoms with Crippen LogP contribution in [0.2, 0.25) is 5.02 Å². The van der Waals surface area contributed by atoms with Crippen molar-refractivity contribution in [3.8, 4) is 28.4 Å². The third kappa shape index (κ3) is 6.23. The first-order valence-corrected chi connectivity index (χ1v) is 13.0. The molecule has 0 aliphatic heterocycles. The van der Waals surface area contributed by atoms with Crippen LogP contribution in [0.15, 0.2) is 79.0 Å². The predicted octanol–water partition coefficient (Wildman–Crippen LogP) is 5.70. The van der Waals surface area contributed by atoms with E-state index in [0.717, 1.165) is 24.1 Å². The number of amides is 2. The Morgan fingerprint density at radius 2 is 1.72 bits per heavy atom. The van der Waals surface area contributed by atoms with Crippen molar-refractivity contribution >= 4 is 29.4 Å². The summed E-state index contributed by atoms with van der Waals surface area (Å²) >= 11 is 6.00. The first-order valence-electron chi connectivity index (χ1n) is 12.7. The summed E-state index contributed by atoms with van der Waals surface area (Å²) in [5.74, 6) is 1.33. The van der Waals surface area contributed by atoms with E-state index < -0.39 is 0 Å². The number of benzene rings is 3. The van der Waals surface area contributed by atoms with Crippen molar-refractivity contribution in [2.75, 3.05) is 32.6 Å². The lowest BCUT2D eigenvalue weighted by molar-refractivity contribution is -0.117. The predicted molar refractivity (Wildman–Crippen MR) is 151 cm³/mol. The van der Waals surface area contributed by atoms with Gasteiger partial charge in [0.2, 0.25) is 11.9 Å². The molecule has 2 amide bonds. The number of nitrogens with one attached hydrogen (secondary N) is 1. The number of ether oxygens (including phenoxy) is 2. The van der Waals surface area contributed by atoms with Crippen molar-refractivity contribution in [1.29, 1.82) is 0 Å². The minimum atomic E-state index is -0.343. The molecule has 0 unspecified atom stereocenters. The summed E-state index contributed by atoms with van der Waals surface area (Å²) in [6, 6.07) is 21.9. The minimum Gasteiger partial charge on any atom is -0.493 e. The number of nitrogens with zero attached hydrogens (tertiary/aromatic N) is 3. The number of hydrogen-bond donors (Lipinski definition) is 1. The smallest absolute Gasteiger partial charge is 0.254 e. The van der Waals surface area contributed by atoms with Gasteiger partial charge in [0.25, 0.3) is 5.91 Å². The first-order chi connectivity index (χ1) is 18.9. The number of carbonyl (C=O) groups is 2. The Bertz CT molecular complexity index is 1470. The van der Waals surface area contributed by atoms with E-state index in [-0.39, 0.29) is 18.4 Å². The van der Waals surface area contributed by atoms with Gasteiger partial charge in [0, 0.05) is 35.0 Å². The van der Waals surface area contributed by atoms with Gasteiger partial charge in [0.1, 0.15) is 6.54 Å². The van der Waals surface area contributed by atoms with Crippen LogP contribution in [0.3, 0.4) is 0 Å². The summed E-state index contributed by atoms with van der Waals surface area (Å²) in [7, 11) is 3.15. The summed E-state index contributed by atoms with van der Waals surface area (Å²) in [5, 5.41) is 3.48. The van der Waals surface area contributed by atoms with E-state index in [9.17, 15) is 9.59 Å². The standard InChI is InChI=1S/C30H29ClN4O4/c1-38-26-15-14-24(16-27(26)39-2)35-18-25(21-6-4-3-5-7-21)32-30(35)33-28(36)19-34(17-20-8-9-20)29(37)22-10-12-23(31)13-11-22/h3-7,10-16,18,20H,8-9,17,19H2,1-2H3,(H,32,33,36). The molecule has 8 nitrogen and oxygen atoms in total. The topological polar surface area (TPSA) is 85.7 Å². The average molecular weight is 545 g/mol. The van der Waals surface area contributed by atoms with Crippen LogP contribution in [0.4, 0.5) is 5.95 Å². The van der Waals surface area contributed by atoms with Gasteiger partial charge >= 0.3 is 0 Å². The van der Waals surface area contributed by atoms with Crippen LogP contribution < -0.4 is 14.8 Å². The fourth-order valence-corrected chi connectivity index (χ4v) is 4.46. The van der Waals surface area contributed by atoms with Crippen molar-refractivity contribution in [3.05, 3.63) is 89.6 Å². The fraction of sp³-hybridized carbons (Fsp3) is 0.233. The van der Waals surface area contributed by atoms with Crippen LogP contribution in [0.25, 0.3) is 16.9 Å². The van der Waals surface area contributed by atoms with Gasteiger partial charge in [-0.05, 0) is 55.2 Å². The quantitative estimate of drug-likeness (QED) is 0.277. The van der Waals surface area contributed by atoms with Crippen LogP contribution in [-0.2, 0) is 4.79 Å². The molecule has 5 rings (SSSR count). The summed E-state index contributed by atoms with van der Waals surface area (Å²) in [6.07, 6.45) is 3.96. The minimum absolute atomic E-state index is 0.0998. The van der Waals surface area contributed by atoms with Gasteiger partial charge in [0.05, 0.1) is 25.6 Å². The molecule has 200 valence electrons. The van der Waals surface area contributed by atoms with E-state index in [1.54, 1.807) is 54.0 Å². The van der Waals surface area contributed by atoms with Crippen molar-refractivity contribution < 1.29 is 19.1 Å². The third-order valence-corrected chi connectivity index (χ3v) is 6.81. The highest BCUT2D eigenvalue weighted by atomic mass is 35.5. The van der Waals surface area contributed by atoms with Crippen LogP contribution >= 0.6 is 11.6 Å². The van der Waals surface area contributed by atoms with Gasteiger partial charge in [-0.15, -0.1) is 0 Å². The first kappa shape index (κ1) is 26.3. The van der Waals surface area contributed by atoms with Crippen molar-refractivity contribution in [3.63, 3.8) is 0 Å². The Morgan fingerprint density at radius 3 is 2.38 bits per heavy atom. The Balaban J connectivity index is 1.43. The van der Waals surface area contributed by atoms with E-state index >= 15 is 0 Å². The van der Waals surface area contributed by atoms with Gasteiger partial charge in [-0.3, -0.25) is 19.5 Å². The fourth-order valence-electron chi connectivity index (χ4n) is 4.33. The van der Waals surface area contributed by atoms with Gasteiger partial charge in [-0.25, -0.2) is 4.98 Å². The largest absolute Gasteiger partial charge is 0.493 e. The summed E-state index contributed by atoms with van der Waals surface area (Å²) in [6.45, 7) is 0.422.